The number of hydrogen-bond donors (Lipinski definition) is 0. The zero-order chi connectivity index (χ0) is 15.2. The van der Waals surface area contributed by atoms with Crippen molar-refractivity contribution in [2.24, 2.45) is 0 Å². The third kappa shape index (κ3) is 3.64. The van der Waals surface area contributed by atoms with E-state index in [9.17, 15) is 4.79 Å². The van der Waals surface area contributed by atoms with Crippen molar-refractivity contribution in [3.8, 4) is 0 Å². The Kier molecular flexibility index (Phi) is 4.68. The zero-order valence-electron chi connectivity index (χ0n) is 12.7. The van der Waals surface area contributed by atoms with Crippen LogP contribution in [0.1, 0.15) is 12.0 Å². The molecule has 0 unspecified atom stereocenters. The largest absolute Gasteiger partial charge is 0.368 e. The third-order valence-corrected chi connectivity index (χ3v) is 4.13. The van der Waals surface area contributed by atoms with Gasteiger partial charge in [0.05, 0.1) is 0 Å². The average molecular weight is 295 g/mol. The smallest absolute Gasteiger partial charge is 0.223 e. The van der Waals surface area contributed by atoms with Crippen molar-refractivity contribution in [2.75, 3.05) is 31.1 Å². The minimum Gasteiger partial charge on any atom is -0.368 e. The number of aromatic nitrogens is 1. The minimum atomic E-state index is 0.254. The van der Waals surface area contributed by atoms with Gasteiger partial charge in [-0.1, -0.05) is 18.2 Å². The summed E-state index contributed by atoms with van der Waals surface area (Å²) in [5.41, 5.74) is 2.41. The van der Waals surface area contributed by atoms with Gasteiger partial charge in [-0.05, 0) is 36.2 Å². The Morgan fingerprint density at radius 2 is 1.64 bits per heavy atom. The molecule has 22 heavy (non-hydrogen) atoms. The van der Waals surface area contributed by atoms with Crippen molar-refractivity contribution >= 4 is 11.6 Å². The first-order chi connectivity index (χ1) is 10.8. The Bertz CT molecular complexity index is 592. The van der Waals surface area contributed by atoms with Crippen molar-refractivity contribution in [1.82, 2.24) is 9.88 Å². The fourth-order valence-electron chi connectivity index (χ4n) is 2.81. The van der Waals surface area contributed by atoms with E-state index in [1.54, 1.807) is 12.4 Å². The Balaban J connectivity index is 1.48. The van der Waals surface area contributed by atoms with Gasteiger partial charge >= 0.3 is 0 Å². The lowest BCUT2D eigenvalue weighted by atomic mass is 10.1. The SMILES string of the molecule is O=C(CCc1ccncc1)N1CCN(c2ccccc2)CC1. The summed E-state index contributed by atoms with van der Waals surface area (Å²) in [7, 11) is 0. The Hall–Kier alpha value is -2.36. The fourth-order valence-corrected chi connectivity index (χ4v) is 2.81. The van der Waals surface area contributed by atoms with Gasteiger partial charge in [0.25, 0.3) is 0 Å². The molecule has 114 valence electrons. The molecule has 2 aromatic rings. The highest BCUT2D eigenvalue weighted by molar-refractivity contribution is 5.76. The normalized spacial score (nSPS) is 14.9. The minimum absolute atomic E-state index is 0.254. The lowest BCUT2D eigenvalue weighted by molar-refractivity contribution is -0.131. The molecule has 0 N–H and O–H groups in total. The Morgan fingerprint density at radius 3 is 2.32 bits per heavy atom. The summed E-state index contributed by atoms with van der Waals surface area (Å²) in [5.74, 6) is 0.254. The standard InChI is InChI=1S/C18H21N3O/c22-18(7-6-16-8-10-19-11-9-16)21-14-12-20(13-15-21)17-4-2-1-3-5-17/h1-5,8-11H,6-7,12-15H2. The van der Waals surface area contributed by atoms with Crippen LogP contribution < -0.4 is 4.90 Å². The van der Waals surface area contributed by atoms with Gasteiger partial charge in [0.1, 0.15) is 0 Å². The summed E-state index contributed by atoms with van der Waals surface area (Å²) in [6.07, 6.45) is 4.92. The molecule has 0 atom stereocenters. The van der Waals surface area contributed by atoms with E-state index in [1.165, 1.54) is 11.3 Å². The zero-order valence-corrected chi connectivity index (χ0v) is 12.7. The summed E-state index contributed by atoms with van der Waals surface area (Å²) in [6.45, 7) is 3.43. The van der Waals surface area contributed by atoms with E-state index < -0.39 is 0 Å². The first-order valence-electron chi connectivity index (χ1n) is 7.79. The molecule has 1 aliphatic heterocycles. The maximum Gasteiger partial charge on any atom is 0.223 e. The van der Waals surface area contributed by atoms with Crippen molar-refractivity contribution in [3.05, 3.63) is 60.4 Å². The number of para-hydroxylation sites is 1. The molecular formula is C18H21N3O. The number of aryl methyl sites for hydroxylation is 1. The molecule has 1 fully saturated rings. The second kappa shape index (κ2) is 7.07. The van der Waals surface area contributed by atoms with Crippen molar-refractivity contribution in [2.45, 2.75) is 12.8 Å². The average Bonchev–Trinajstić information content (AvgIpc) is 2.61. The van der Waals surface area contributed by atoms with Crippen molar-refractivity contribution in [1.29, 1.82) is 0 Å². The molecule has 1 amide bonds. The summed E-state index contributed by atoms with van der Waals surface area (Å²) in [6, 6.07) is 14.3. The lowest BCUT2D eigenvalue weighted by Crippen LogP contribution is -2.48. The van der Waals surface area contributed by atoms with Crippen molar-refractivity contribution < 1.29 is 4.79 Å². The van der Waals surface area contributed by atoms with Crippen LogP contribution in [-0.4, -0.2) is 42.0 Å². The summed E-state index contributed by atoms with van der Waals surface area (Å²) in [5, 5.41) is 0. The number of rotatable bonds is 4. The molecule has 1 aromatic heterocycles. The van der Waals surface area contributed by atoms with Gasteiger partial charge in [-0.25, -0.2) is 0 Å². The molecule has 0 bridgehead atoms. The lowest BCUT2D eigenvalue weighted by Gasteiger charge is -2.36. The molecule has 1 aliphatic rings. The molecule has 0 radical (unpaired) electrons. The van der Waals surface area contributed by atoms with Gasteiger partial charge in [0.2, 0.25) is 5.91 Å². The van der Waals surface area contributed by atoms with Crippen LogP contribution in [0.15, 0.2) is 54.9 Å². The predicted octanol–water partition coefficient (Wildman–Crippen LogP) is 2.36. The molecule has 2 heterocycles. The van der Waals surface area contributed by atoms with Gasteiger partial charge in [-0.3, -0.25) is 9.78 Å². The van der Waals surface area contributed by atoms with Crippen LogP contribution in [-0.2, 0) is 11.2 Å². The van der Waals surface area contributed by atoms with E-state index in [4.69, 9.17) is 0 Å². The number of carbonyl (C=O) groups excluding carboxylic acids is 1. The molecule has 0 aliphatic carbocycles. The highest BCUT2D eigenvalue weighted by atomic mass is 16.2. The number of nitrogens with zero attached hydrogens (tertiary/aromatic N) is 3. The molecular weight excluding hydrogens is 274 g/mol. The maximum atomic E-state index is 12.3. The molecule has 1 saturated heterocycles. The number of piperazine rings is 1. The highest BCUT2D eigenvalue weighted by Crippen LogP contribution is 2.16. The monoisotopic (exact) mass is 295 g/mol. The van der Waals surface area contributed by atoms with E-state index in [1.807, 2.05) is 23.1 Å². The van der Waals surface area contributed by atoms with Crippen LogP contribution in [0, 0.1) is 0 Å². The highest BCUT2D eigenvalue weighted by Gasteiger charge is 2.20. The summed E-state index contributed by atoms with van der Waals surface area (Å²) in [4.78, 5) is 20.6. The van der Waals surface area contributed by atoms with E-state index >= 15 is 0 Å². The number of anilines is 1. The van der Waals surface area contributed by atoms with Crippen LogP contribution in [0.2, 0.25) is 0 Å². The van der Waals surface area contributed by atoms with Crippen LogP contribution in [0.25, 0.3) is 0 Å². The van der Waals surface area contributed by atoms with Gasteiger partial charge in [0, 0.05) is 50.7 Å². The van der Waals surface area contributed by atoms with Crippen LogP contribution in [0.5, 0.6) is 0 Å². The molecule has 0 saturated carbocycles. The number of carbonyl (C=O) groups is 1. The maximum absolute atomic E-state index is 12.3. The van der Waals surface area contributed by atoms with Gasteiger partial charge in [0.15, 0.2) is 0 Å². The first-order valence-corrected chi connectivity index (χ1v) is 7.79. The quantitative estimate of drug-likeness (QED) is 0.869. The molecule has 1 aromatic carbocycles. The number of hydrogen-bond acceptors (Lipinski definition) is 3. The van der Waals surface area contributed by atoms with E-state index in [-0.39, 0.29) is 5.91 Å². The van der Waals surface area contributed by atoms with E-state index in [0.29, 0.717) is 6.42 Å². The van der Waals surface area contributed by atoms with Crippen molar-refractivity contribution in [3.63, 3.8) is 0 Å². The van der Waals surface area contributed by atoms with Gasteiger partial charge in [-0.15, -0.1) is 0 Å². The number of benzene rings is 1. The Labute approximate surface area is 131 Å². The van der Waals surface area contributed by atoms with Crippen LogP contribution in [0.4, 0.5) is 5.69 Å². The summed E-state index contributed by atoms with van der Waals surface area (Å²) < 4.78 is 0. The fraction of sp³-hybridized carbons (Fsp3) is 0.333. The van der Waals surface area contributed by atoms with Gasteiger partial charge < -0.3 is 9.80 Å². The van der Waals surface area contributed by atoms with E-state index in [2.05, 4.69) is 34.1 Å². The van der Waals surface area contributed by atoms with Crippen LogP contribution in [0.3, 0.4) is 0 Å². The molecule has 4 nitrogen and oxygen atoms in total. The van der Waals surface area contributed by atoms with Gasteiger partial charge in [-0.2, -0.15) is 0 Å². The third-order valence-electron chi connectivity index (χ3n) is 4.13. The molecule has 0 spiro atoms. The molecule has 3 rings (SSSR count). The second-order valence-electron chi connectivity index (χ2n) is 5.56. The number of amides is 1. The first kappa shape index (κ1) is 14.6. The summed E-state index contributed by atoms with van der Waals surface area (Å²) >= 11 is 0. The predicted molar refractivity (Wildman–Crippen MR) is 87.8 cm³/mol. The topological polar surface area (TPSA) is 36.4 Å². The van der Waals surface area contributed by atoms with E-state index in [0.717, 1.165) is 32.6 Å². The second-order valence-corrected chi connectivity index (χ2v) is 5.56. The number of pyridine rings is 1. The van der Waals surface area contributed by atoms with Crippen LogP contribution >= 0.6 is 0 Å². The molecule has 4 heteroatoms. The Morgan fingerprint density at radius 1 is 0.955 bits per heavy atom.